The van der Waals surface area contributed by atoms with Crippen LogP contribution in [0.1, 0.15) is 67.3 Å². The van der Waals surface area contributed by atoms with Gasteiger partial charge in [-0.3, -0.25) is 16.0 Å². The predicted molar refractivity (Wildman–Crippen MR) is 314 cm³/mol. The molecular formula is C57H70N14O13. The number of urea groups is 2. The Bertz CT molecular complexity index is 3040. The van der Waals surface area contributed by atoms with Crippen LogP contribution in [0.15, 0.2) is 138 Å². The second kappa shape index (κ2) is 38.3. The lowest BCUT2D eigenvalue weighted by Crippen LogP contribution is -2.22. The van der Waals surface area contributed by atoms with Crippen molar-refractivity contribution >= 4 is 76.7 Å². The average molecular weight is 1160 g/mol. The fraction of sp³-hybridized carbons (Fsp3) is 0.316. The average Bonchev–Trinajstić information content (AvgIpc) is 4.35. The number of ether oxygens (including phenoxy) is 3. The van der Waals surface area contributed by atoms with E-state index in [9.17, 15) is 19.2 Å². The lowest BCUT2D eigenvalue weighted by atomic mass is 10.0. The number of hydrogen-bond acceptors (Lipinski definition) is 20. The van der Waals surface area contributed by atoms with Gasteiger partial charge in [-0.15, -0.1) is 0 Å². The minimum Gasteiger partial charge on any atom is -0.447 e. The lowest BCUT2D eigenvalue weighted by molar-refractivity contribution is -0.290. The SMILES string of the molecule is CC(CO)OCCCCO.CC(COC(=O)Nc1ccc(Cc2ccc(NC(=O)Nc3ncn[nH]3)cc2)cc1)OCCCCOOCNc1ccc(Cc2ccc(NC(=O)Nc3ncn[nH]3)cc2)cc1.Cc1ccc(N=COO)cc1N=C=O. The molecule has 2 atom stereocenters. The molecule has 27 nitrogen and oxygen atoms in total. The van der Waals surface area contributed by atoms with E-state index < -0.39 is 18.2 Å². The second-order valence-electron chi connectivity index (χ2n) is 18.1. The number of benzene rings is 5. The number of hydrogen-bond donors (Lipinski definition) is 11. The second-order valence-corrected chi connectivity index (χ2v) is 18.1. The molecule has 2 unspecified atom stereocenters. The summed E-state index contributed by atoms with van der Waals surface area (Å²) in [6, 6.07) is 34.8. The number of amides is 5. The van der Waals surface area contributed by atoms with Crippen LogP contribution in [0, 0.1) is 6.92 Å². The molecule has 27 heteroatoms. The zero-order valence-corrected chi connectivity index (χ0v) is 46.7. The van der Waals surface area contributed by atoms with Crippen LogP contribution in [0.4, 0.5) is 60.4 Å². The number of nitrogens with one attached hydrogen (secondary N) is 8. The smallest absolute Gasteiger partial charge is 0.411 e. The van der Waals surface area contributed by atoms with Gasteiger partial charge in [0.15, 0.2) is 6.73 Å². The van der Waals surface area contributed by atoms with E-state index in [-0.39, 0.29) is 50.7 Å². The van der Waals surface area contributed by atoms with E-state index in [1.54, 1.807) is 18.2 Å². The largest absolute Gasteiger partial charge is 0.447 e. The highest BCUT2D eigenvalue weighted by Crippen LogP contribution is 2.24. The number of isocyanates is 1. The number of aromatic amines is 2. The third kappa shape index (κ3) is 26.9. The van der Waals surface area contributed by atoms with Gasteiger partial charge in [0.05, 0.1) is 36.8 Å². The molecule has 0 radical (unpaired) electrons. The number of aryl methyl sites for hydroxylation is 1. The van der Waals surface area contributed by atoms with Gasteiger partial charge in [-0.25, -0.2) is 49.4 Å². The third-order valence-corrected chi connectivity index (χ3v) is 11.4. The topological polar surface area (TPSA) is 364 Å². The molecule has 446 valence electrons. The first-order valence-corrected chi connectivity index (χ1v) is 26.5. The summed E-state index contributed by atoms with van der Waals surface area (Å²) in [6.45, 7) is 7.59. The molecule has 84 heavy (non-hydrogen) atoms. The fourth-order valence-electron chi connectivity index (χ4n) is 7.04. The summed E-state index contributed by atoms with van der Waals surface area (Å²) in [7, 11) is 0. The number of carbonyl (C=O) groups excluding carboxylic acids is 4. The molecule has 0 saturated heterocycles. The van der Waals surface area contributed by atoms with Crippen LogP contribution in [0.3, 0.4) is 0 Å². The maximum atomic E-state index is 12.3. The quantitative estimate of drug-likeness (QED) is 0.00380. The molecule has 7 rings (SSSR count). The number of aliphatic imine (C=N–C) groups is 2. The summed E-state index contributed by atoms with van der Waals surface area (Å²) in [5.41, 5.74) is 9.02. The molecular weight excluding hydrogens is 1090 g/mol. The van der Waals surface area contributed by atoms with Crippen molar-refractivity contribution in [3.8, 4) is 0 Å². The molecule has 2 aromatic heterocycles. The van der Waals surface area contributed by atoms with Crippen molar-refractivity contribution in [1.82, 2.24) is 30.4 Å². The summed E-state index contributed by atoms with van der Waals surface area (Å²) >= 11 is 0. The van der Waals surface area contributed by atoms with E-state index in [0.29, 0.717) is 54.7 Å². The van der Waals surface area contributed by atoms with Gasteiger partial charge in [0, 0.05) is 42.6 Å². The summed E-state index contributed by atoms with van der Waals surface area (Å²) in [6.07, 6.45) is 8.57. The summed E-state index contributed by atoms with van der Waals surface area (Å²) in [4.78, 5) is 75.7. The van der Waals surface area contributed by atoms with Crippen molar-refractivity contribution in [1.29, 1.82) is 0 Å². The number of carbonyl (C=O) groups is 3. The highest BCUT2D eigenvalue weighted by molar-refractivity contribution is 5.99. The Balaban J connectivity index is 0.000000444. The molecule has 0 aliphatic carbocycles. The molecule has 0 saturated carbocycles. The third-order valence-electron chi connectivity index (χ3n) is 11.4. The number of unbranched alkanes of at least 4 members (excludes halogenated alkanes) is 2. The Morgan fingerprint density at radius 3 is 1.62 bits per heavy atom. The molecule has 5 amide bonds. The van der Waals surface area contributed by atoms with Crippen molar-refractivity contribution < 1.29 is 63.5 Å². The number of H-pyrrole nitrogens is 2. The van der Waals surface area contributed by atoms with E-state index in [2.05, 4.69) is 77.1 Å². The maximum Gasteiger partial charge on any atom is 0.411 e. The molecule has 0 aliphatic heterocycles. The van der Waals surface area contributed by atoms with Gasteiger partial charge in [0.1, 0.15) is 19.3 Å². The van der Waals surface area contributed by atoms with Crippen LogP contribution in [0.25, 0.3) is 0 Å². The van der Waals surface area contributed by atoms with Gasteiger partial charge >= 0.3 is 18.2 Å². The van der Waals surface area contributed by atoms with Gasteiger partial charge in [-0.1, -0.05) is 54.6 Å². The number of anilines is 6. The Labute approximate surface area is 484 Å². The van der Waals surface area contributed by atoms with Gasteiger partial charge < -0.3 is 45.3 Å². The van der Waals surface area contributed by atoms with Gasteiger partial charge in [-0.2, -0.15) is 25.2 Å². The van der Waals surface area contributed by atoms with Crippen LogP contribution in [0.2, 0.25) is 0 Å². The number of aliphatic hydroxyl groups excluding tert-OH is 2. The summed E-state index contributed by atoms with van der Waals surface area (Å²) in [5.74, 6) is 0.521. The number of nitrogens with zero attached hydrogens (tertiary/aromatic N) is 6. The molecule has 7 aromatic rings. The monoisotopic (exact) mass is 1160 g/mol. The van der Waals surface area contributed by atoms with Crippen LogP contribution in [-0.4, -0.2) is 135 Å². The molecule has 0 fully saturated rings. The normalized spacial score (nSPS) is 11.3. The van der Waals surface area contributed by atoms with E-state index >= 15 is 0 Å². The Hall–Kier alpha value is -9.44. The van der Waals surface area contributed by atoms with Gasteiger partial charge in [-0.05, 0) is 148 Å². The Kier molecular flexibility index (Phi) is 29.8. The van der Waals surface area contributed by atoms with Crippen molar-refractivity contribution in [3.05, 3.63) is 156 Å². The highest BCUT2D eigenvalue weighted by atomic mass is 17.2. The predicted octanol–water partition coefficient (Wildman–Crippen LogP) is 9.41. The zero-order chi connectivity index (χ0) is 60.0. The molecule has 11 N–H and O–H groups in total. The van der Waals surface area contributed by atoms with E-state index in [1.807, 2.05) is 118 Å². The van der Waals surface area contributed by atoms with Crippen LogP contribution < -0.4 is 31.9 Å². The molecule has 0 spiro atoms. The van der Waals surface area contributed by atoms with Crippen molar-refractivity contribution in [2.24, 2.45) is 9.98 Å². The first-order chi connectivity index (χ1) is 40.9. The van der Waals surface area contributed by atoms with Crippen molar-refractivity contribution in [2.75, 3.05) is 78.3 Å². The van der Waals surface area contributed by atoms with Crippen molar-refractivity contribution in [2.45, 2.75) is 71.5 Å². The standard InChI is InChI=1S/C41H46N12O7.C9H8N2O3.C7H16O3/c1-28(24-58-41(56)49-36-18-10-32(11-19-36)23-31-8-16-35(17-9-31)48-40(55)51-38-43-26-46-53-38)57-20-2-3-21-59-60-27-44-33-12-4-29(5-13-33)22-30-6-14-34(15-7-30)47-39(54)50-37-42-25-45-52-37;1-7-2-3-8(11-6-14-13)4-9(7)10-5-12;1-7(6-9)10-5-3-2-4-8/h4-19,25-26,28,44H,2-3,20-24,27H2,1H3,(H,49,56)(H3,42,45,47,50,52,54)(H3,43,46,48,51,53,55);2-4,6,13H,1H3;7-9H,2-6H2,1H3. The number of rotatable bonds is 30. The highest BCUT2D eigenvalue weighted by Gasteiger charge is 2.11. The zero-order valence-electron chi connectivity index (χ0n) is 46.7. The number of aromatic nitrogens is 6. The van der Waals surface area contributed by atoms with Crippen LogP contribution in [-0.2, 0) is 46.5 Å². The van der Waals surface area contributed by atoms with Gasteiger partial charge in [0.2, 0.25) is 24.4 Å². The van der Waals surface area contributed by atoms with E-state index in [1.165, 1.54) is 18.7 Å². The van der Waals surface area contributed by atoms with Gasteiger partial charge in [0.25, 0.3) is 0 Å². The van der Waals surface area contributed by atoms with E-state index in [0.717, 1.165) is 72.0 Å². The van der Waals surface area contributed by atoms with Crippen LogP contribution >= 0.6 is 0 Å². The van der Waals surface area contributed by atoms with Crippen LogP contribution in [0.5, 0.6) is 0 Å². The summed E-state index contributed by atoms with van der Waals surface area (Å²) < 4.78 is 16.2. The first kappa shape index (κ1) is 65.4. The molecule has 2 heterocycles. The minimum atomic E-state index is -0.561. The molecule has 0 bridgehead atoms. The van der Waals surface area contributed by atoms with E-state index in [4.69, 9.17) is 39.5 Å². The maximum absolute atomic E-state index is 12.3. The lowest BCUT2D eigenvalue weighted by Gasteiger charge is -2.14. The van der Waals surface area contributed by atoms with Crippen molar-refractivity contribution in [3.63, 3.8) is 0 Å². The number of aliphatic hydroxyl groups is 2. The fourth-order valence-corrected chi connectivity index (χ4v) is 7.04. The Morgan fingerprint density at radius 2 is 1.13 bits per heavy atom. The first-order valence-electron chi connectivity index (χ1n) is 26.5. The summed E-state index contributed by atoms with van der Waals surface area (Å²) in [5, 5.41) is 53.9. The molecule has 5 aromatic carbocycles. The molecule has 0 aliphatic rings. The Morgan fingerprint density at radius 1 is 0.631 bits per heavy atom. The minimum absolute atomic E-state index is 0.0686.